The van der Waals surface area contributed by atoms with Crippen LogP contribution in [0.3, 0.4) is 0 Å². The maximum Gasteiger partial charge on any atom is 0.265 e. The van der Waals surface area contributed by atoms with E-state index in [0.29, 0.717) is 19.0 Å². The Kier molecular flexibility index (Phi) is 4.82. The highest BCUT2D eigenvalue weighted by atomic mass is 19.1. The molecule has 0 radical (unpaired) electrons. The number of amides is 1. The summed E-state index contributed by atoms with van der Waals surface area (Å²) in [5.41, 5.74) is 0.126. The Balaban J connectivity index is 1.49. The minimum atomic E-state index is -1.89. The maximum absolute atomic E-state index is 14.7. The molecule has 1 N–H and O–H groups in total. The van der Waals surface area contributed by atoms with Crippen LogP contribution in [0, 0.1) is 0 Å². The van der Waals surface area contributed by atoms with Gasteiger partial charge in [0.25, 0.3) is 5.91 Å². The predicted molar refractivity (Wildman–Crippen MR) is 105 cm³/mol. The molecule has 0 bridgehead atoms. The van der Waals surface area contributed by atoms with E-state index in [1.54, 1.807) is 30.3 Å². The number of benzene rings is 1. The maximum atomic E-state index is 14.7. The molecule has 3 aromatic rings. The monoisotopic (exact) mass is 383 g/mol. The first-order valence-corrected chi connectivity index (χ1v) is 9.07. The number of likely N-dealkylation sites (tertiary alicyclic amines) is 1. The molecule has 146 valence electrons. The number of nitrogens with one attached hydrogen (secondary N) is 1. The second-order valence-electron chi connectivity index (χ2n) is 7.16. The van der Waals surface area contributed by atoms with Gasteiger partial charge < -0.3 is 10.1 Å². The summed E-state index contributed by atoms with van der Waals surface area (Å²) >= 11 is 0. The molecular weight excluding hydrogens is 361 g/mol. The van der Waals surface area contributed by atoms with Crippen LogP contribution in [-0.4, -0.2) is 64.6 Å². The summed E-state index contributed by atoms with van der Waals surface area (Å²) in [5, 5.41) is 8.66. The average Bonchev–Trinajstić information content (AvgIpc) is 3.10. The van der Waals surface area contributed by atoms with Gasteiger partial charge in [0, 0.05) is 57.1 Å². The molecule has 8 heteroatoms. The summed E-state index contributed by atoms with van der Waals surface area (Å²) in [7, 11) is 3.46. The number of fused-ring (bicyclic) bond motifs is 1. The number of carbonyl (C=O) groups is 1. The first kappa shape index (κ1) is 18.5. The van der Waals surface area contributed by atoms with Gasteiger partial charge in [-0.05, 0) is 23.1 Å². The van der Waals surface area contributed by atoms with Crippen molar-refractivity contribution in [1.82, 2.24) is 19.7 Å². The molecule has 28 heavy (non-hydrogen) atoms. The van der Waals surface area contributed by atoms with Gasteiger partial charge in [-0.2, -0.15) is 5.10 Å². The highest BCUT2D eigenvalue weighted by Gasteiger charge is 2.49. The van der Waals surface area contributed by atoms with E-state index in [-0.39, 0.29) is 13.1 Å². The van der Waals surface area contributed by atoms with Crippen LogP contribution >= 0.6 is 0 Å². The van der Waals surface area contributed by atoms with E-state index in [0.717, 1.165) is 21.9 Å². The smallest absolute Gasteiger partial charge is 0.265 e. The van der Waals surface area contributed by atoms with Crippen LogP contribution in [0.5, 0.6) is 0 Å². The number of anilines is 1. The zero-order valence-corrected chi connectivity index (χ0v) is 15.9. The van der Waals surface area contributed by atoms with Crippen LogP contribution in [0.2, 0.25) is 0 Å². The molecule has 2 aromatic heterocycles. The minimum absolute atomic E-state index is 0.0704. The number of alkyl halides is 1. The fourth-order valence-corrected chi connectivity index (χ4v) is 3.37. The van der Waals surface area contributed by atoms with E-state index in [9.17, 15) is 9.18 Å². The van der Waals surface area contributed by atoms with E-state index in [1.807, 2.05) is 36.3 Å². The topological polar surface area (TPSA) is 72.3 Å². The molecule has 1 aliphatic heterocycles. The van der Waals surface area contributed by atoms with Gasteiger partial charge in [-0.15, -0.1) is 0 Å². The summed E-state index contributed by atoms with van der Waals surface area (Å²) in [4.78, 5) is 18.5. The number of carbonyl (C=O) groups excluding carboxylic acids is 1. The normalized spacial score (nSPS) is 16.1. The Hall–Kier alpha value is -2.84. The predicted octanol–water partition coefficient (Wildman–Crippen LogP) is 2.24. The van der Waals surface area contributed by atoms with E-state index in [4.69, 9.17) is 4.74 Å². The summed E-state index contributed by atoms with van der Waals surface area (Å²) in [5.74, 6) is -0.315. The van der Waals surface area contributed by atoms with Crippen LogP contribution in [0.15, 0.2) is 42.9 Å². The van der Waals surface area contributed by atoms with Crippen LogP contribution in [0.25, 0.3) is 21.9 Å². The number of hydrogen-bond acceptors (Lipinski definition) is 5. The largest absolute Gasteiger partial charge is 0.383 e. The molecule has 7 nitrogen and oxygen atoms in total. The highest BCUT2D eigenvalue weighted by molar-refractivity contribution is 5.99. The fraction of sp³-hybridized carbons (Fsp3) is 0.350. The number of nitrogens with zero attached hydrogens (tertiary/aromatic N) is 4. The van der Waals surface area contributed by atoms with Crippen molar-refractivity contribution in [1.29, 1.82) is 0 Å². The lowest BCUT2D eigenvalue weighted by atomic mass is 9.95. The molecule has 0 saturated carbocycles. The van der Waals surface area contributed by atoms with Gasteiger partial charge in [0.05, 0.1) is 12.8 Å². The molecule has 1 amide bonds. The summed E-state index contributed by atoms with van der Waals surface area (Å²) in [6.45, 7) is 1.27. The lowest BCUT2D eigenvalue weighted by Gasteiger charge is -2.42. The number of aryl methyl sites for hydroxylation is 1. The van der Waals surface area contributed by atoms with Gasteiger partial charge in [0.15, 0.2) is 0 Å². The van der Waals surface area contributed by atoms with E-state index >= 15 is 0 Å². The Morgan fingerprint density at radius 3 is 2.79 bits per heavy atom. The number of pyridine rings is 1. The zero-order chi connectivity index (χ0) is 19.7. The standard InChI is InChI=1S/C20H22FN5O2/c1-25-11-17(10-23-25)14-3-4-15-9-22-18(8-16(15)7-14)24-19(27)20(21)12-26(13-20)5-6-28-2/h3-4,7-11H,5-6,12-13H2,1-2H3,(H,22,24,27). The molecule has 1 fully saturated rings. The molecule has 1 aliphatic rings. The average molecular weight is 383 g/mol. The van der Waals surface area contributed by atoms with Crippen LogP contribution in [0.1, 0.15) is 0 Å². The third kappa shape index (κ3) is 3.61. The van der Waals surface area contributed by atoms with Crippen LogP contribution in [0.4, 0.5) is 10.2 Å². The van der Waals surface area contributed by atoms with E-state index in [1.165, 1.54) is 0 Å². The molecular formula is C20H22FN5O2. The van der Waals surface area contributed by atoms with Crippen molar-refractivity contribution in [2.75, 3.05) is 38.7 Å². The molecule has 1 aromatic carbocycles. The van der Waals surface area contributed by atoms with Crippen molar-refractivity contribution < 1.29 is 13.9 Å². The third-order valence-electron chi connectivity index (χ3n) is 4.97. The van der Waals surface area contributed by atoms with Gasteiger partial charge >= 0.3 is 0 Å². The summed E-state index contributed by atoms with van der Waals surface area (Å²) < 4.78 is 21.5. The highest BCUT2D eigenvalue weighted by Crippen LogP contribution is 2.28. The van der Waals surface area contributed by atoms with Crippen molar-refractivity contribution in [3.8, 4) is 11.1 Å². The van der Waals surface area contributed by atoms with E-state index < -0.39 is 11.6 Å². The lowest BCUT2D eigenvalue weighted by Crippen LogP contribution is -2.65. The number of aromatic nitrogens is 3. The number of rotatable bonds is 6. The van der Waals surface area contributed by atoms with Crippen molar-refractivity contribution >= 4 is 22.5 Å². The fourth-order valence-electron chi connectivity index (χ4n) is 3.37. The molecule has 0 spiro atoms. The molecule has 0 atom stereocenters. The second kappa shape index (κ2) is 7.29. The van der Waals surface area contributed by atoms with Crippen LogP contribution in [-0.2, 0) is 16.6 Å². The van der Waals surface area contributed by atoms with Gasteiger partial charge in [-0.3, -0.25) is 14.4 Å². The quantitative estimate of drug-likeness (QED) is 0.707. The second-order valence-corrected chi connectivity index (χ2v) is 7.16. The molecule has 3 heterocycles. The molecule has 0 unspecified atom stereocenters. The number of ether oxygens (including phenoxy) is 1. The van der Waals surface area contributed by atoms with Crippen LogP contribution < -0.4 is 5.32 Å². The molecule has 1 saturated heterocycles. The summed E-state index contributed by atoms with van der Waals surface area (Å²) in [6.07, 6.45) is 5.40. The van der Waals surface area contributed by atoms with Gasteiger partial charge in [0.2, 0.25) is 5.67 Å². The first-order chi connectivity index (χ1) is 13.5. The Bertz CT molecular complexity index is 1010. The number of halogens is 1. The zero-order valence-electron chi connectivity index (χ0n) is 15.9. The van der Waals surface area contributed by atoms with Gasteiger partial charge in [-0.1, -0.05) is 12.1 Å². The third-order valence-corrected chi connectivity index (χ3v) is 4.97. The molecule has 4 rings (SSSR count). The number of hydrogen-bond donors (Lipinski definition) is 1. The SMILES string of the molecule is COCCN1CC(F)(C(=O)Nc2cc3cc(-c4cnn(C)c4)ccc3cn2)C1. The summed E-state index contributed by atoms with van der Waals surface area (Å²) in [6, 6.07) is 7.73. The Morgan fingerprint density at radius 1 is 1.25 bits per heavy atom. The molecule has 0 aliphatic carbocycles. The van der Waals surface area contributed by atoms with Gasteiger partial charge in [-0.25, -0.2) is 9.37 Å². The Morgan fingerprint density at radius 2 is 2.07 bits per heavy atom. The first-order valence-electron chi connectivity index (χ1n) is 9.07. The van der Waals surface area contributed by atoms with Crippen molar-refractivity contribution in [2.45, 2.75) is 5.67 Å². The van der Waals surface area contributed by atoms with Crippen molar-refractivity contribution in [3.05, 3.63) is 42.9 Å². The minimum Gasteiger partial charge on any atom is -0.383 e. The van der Waals surface area contributed by atoms with Crippen molar-refractivity contribution in [3.63, 3.8) is 0 Å². The van der Waals surface area contributed by atoms with Crippen molar-refractivity contribution in [2.24, 2.45) is 7.05 Å². The lowest BCUT2D eigenvalue weighted by molar-refractivity contribution is -0.140. The Labute approximate surface area is 162 Å². The van der Waals surface area contributed by atoms with E-state index in [2.05, 4.69) is 15.4 Å². The number of methoxy groups -OCH3 is 1. The van der Waals surface area contributed by atoms with Gasteiger partial charge in [0.1, 0.15) is 5.82 Å².